The standard InChI is InChI=1S/C23H26N2O7S/c26-22(24-19(23(27)28)14-16-4-2-1-3-5-16)17-8-10-25(11-9-17)33(29,30)18-6-7-20-21(15-18)32-13-12-31-20/h1-7,15,17,19H,8-14H2,(H,24,26)(H,27,28)/t19-/m0/s1. The smallest absolute Gasteiger partial charge is 0.326 e. The van der Waals surface area contributed by atoms with Gasteiger partial charge in [-0.1, -0.05) is 30.3 Å². The summed E-state index contributed by atoms with van der Waals surface area (Å²) in [5, 5.41) is 12.1. The quantitative estimate of drug-likeness (QED) is 0.626. The van der Waals surface area contributed by atoms with Crippen molar-refractivity contribution in [3.8, 4) is 11.5 Å². The van der Waals surface area contributed by atoms with Crippen LogP contribution in [0.3, 0.4) is 0 Å². The Morgan fingerprint density at radius 1 is 1.03 bits per heavy atom. The van der Waals surface area contributed by atoms with Crippen LogP contribution < -0.4 is 14.8 Å². The predicted molar refractivity (Wildman–Crippen MR) is 119 cm³/mol. The van der Waals surface area contributed by atoms with Crippen LogP contribution in [0.4, 0.5) is 0 Å². The second-order valence-electron chi connectivity index (χ2n) is 8.07. The van der Waals surface area contributed by atoms with Gasteiger partial charge < -0.3 is 19.9 Å². The zero-order chi connectivity index (χ0) is 23.4. The summed E-state index contributed by atoms with van der Waals surface area (Å²) in [6, 6.07) is 12.6. The van der Waals surface area contributed by atoms with Crippen LogP contribution in [0, 0.1) is 5.92 Å². The SMILES string of the molecule is O=C(N[C@@H](Cc1ccccc1)C(=O)O)C1CCN(S(=O)(=O)c2ccc3c(c2)OCCO3)CC1. The number of aliphatic carboxylic acids is 1. The third-order valence-corrected chi connectivity index (χ3v) is 7.77. The first-order valence-electron chi connectivity index (χ1n) is 10.8. The molecule has 1 saturated heterocycles. The highest BCUT2D eigenvalue weighted by molar-refractivity contribution is 7.89. The largest absolute Gasteiger partial charge is 0.486 e. The molecule has 1 amide bonds. The Morgan fingerprint density at radius 2 is 1.70 bits per heavy atom. The predicted octanol–water partition coefficient (Wildman–Crippen LogP) is 1.67. The lowest BCUT2D eigenvalue weighted by Gasteiger charge is -2.31. The molecule has 0 spiro atoms. The maximum Gasteiger partial charge on any atom is 0.326 e. The Kier molecular flexibility index (Phi) is 6.85. The van der Waals surface area contributed by atoms with Gasteiger partial charge in [0.05, 0.1) is 4.90 Å². The number of nitrogens with one attached hydrogen (secondary N) is 1. The van der Waals surface area contributed by atoms with E-state index in [4.69, 9.17) is 9.47 Å². The van der Waals surface area contributed by atoms with Crippen LogP contribution in [0.25, 0.3) is 0 Å². The fraction of sp³-hybridized carbons (Fsp3) is 0.391. The van der Waals surface area contributed by atoms with Crippen molar-refractivity contribution in [2.24, 2.45) is 5.92 Å². The Hall–Kier alpha value is -3.11. The monoisotopic (exact) mass is 474 g/mol. The second-order valence-corrected chi connectivity index (χ2v) is 10.0. The van der Waals surface area contributed by atoms with Crippen molar-refractivity contribution in [2.45, 2.75) is 30.2 Å². The number of fused-ring (bicyclic) bond motifs is 1. The van der Waals surface area contributed by atoms with Gasteiger partial charge in [-0.15, -0.1) is 0 Å². The lowest BCUT2D eigenvalue weighted by Crippen LogP contribution is -2.48. The molecule has 0 bridgehead atoms. The second kappa shape index (κ2) is 9.80. The molecule has 33 heavy (non-hydrogen) atoms. The molecule has 2 N–H and O–H groups in total. The number of rotatable bonds is 7. The third kappa shape index (κ3) is 5.28. The van der Waals surface area contributed by atoms with E-state index in [1.54, 1.807) is 6.07 Å². The number of carboxylic acids is 1. The van der Waals surface area contributed by atoms with E-state index in [1.807, 2.05) is 30.3 Å². The number of carboxylic acid groups (broad SMARTS) is 1. The minimum atomic E-state index is -3.75. The summed E-state index contributed by atoms with van der Waals surface area (Å²) in [7, 11) is -3.75. The van der Waals surface area contributed by atoms with Gasteiger partial charge in [0.15, 0.2) is 11.5 Å². The van der Waals surface area contributed by atoms with Crippen molar-refractivity contribution in [1.29, 1.82) is 0 Å². The molecular weight excluding hydrogens is 448 g/mol. The molecule has 0 saturated carbocycles. The van der Waals surface area contributed by atoms with Gasteiger partial charge in [-0.2, -0.15) is 4.31 Å². The summed E-state index contributed by atoms with van der Waals surface area (Å²) in [5.41, 5.74) is 0.811. The van der Waals surface area contributed by atoms with Crippen LogP contribution in [0.2, 0.25) is 0 Å². The zero-order valence-corrected chi connectivity index (χ0v) is 18.8. The number of amides is 1. The molecule has 1 fully saturated rings. The lowest BCUT2D eigenvalue weighted by atomic mass is 9.96. The average Bonchev–Trinajstić information content (AvgIpc) is 2.84. The van der Waals surface area contributed by atoms with Crippen molar-refractivity contribution in [3.05, 3.63) is 54.1 Å². The summed E-state index contributed by atoms with van der Waals surface area (Å²) < 4.78 is 38.4. The molecular formula is C23H26N2O7S. The van der Waals surface area contributed by atoms with Crippen LogP contribution in [0.5, 0.6) is 11.5 Å². The van der Waals surface area contributed by atoms with E-state index in [9.17, 15) is 23.1 Å². The molecule has 1 atom stereocenters. The maximum atomic E-state index is 13.1. The molecule has 176 valence electrons. The van der Waals surface area contributed by atoms with Gasteiger partial charge in [-0.3, -0.25) is 4.79 Å². The van der Waals surface area contributed by atoms with Crippen molar-refractivity contribution < 1.29 is 32.6 Å². The molecule has 0 radical (unpaired) electrons. The fourth-order valence-corrected chi connectivity index (χ4v) is 5.52. The van der Waals surface area contributed by atoms with Gasteiger partial charge in [0.25, 0.3) is 0 Å². The zero-order valence-electron chi connectivity index (χ0n) is 18.0. The van der Waals surface area contributed by atoms with Crippen molar-refractivity contribution >= 4 is 21.9 Å². The summed E-state index contributed by atoms with van der Waals surface area (Å²) in [4.78, 5) is 24.5. The van der Waals surface area contributed by atoms with Gasteiger partial charge >= 0.3 is 5.97 Å². The molecule has 0 aliphatic carbocycles. The van der Waals surface area contributed by atoms with Gasteiger partial charge in [0.1, 0.15) is 19.3 Å². The van der Waals surface area contributed by atoms with Crippen LogP contribution in [0.15, 0.2) is 53.4 Å². The number of piperidine rings is 1. The Morgan fingerprint density at radius 3 is 2.36 bits per heavy atom. The average molecular weight is 475 g/mol. The minimum absolute atomic E-state index is 0.114. The molecule has 10 heteroatoms. The van der Waals surface area contributed by atoms with Gasteiger partial charge in [0.2, 0.25) is 15.9 Å². The molecule has 2 aromatic carbocycles. The van der Waals surface area contributed by atoms with Gasteiger partial charge in [-0.25, -0.2) is 13.2 Å². The van der Waals surface area contributed by atoms with Crippen LogP contribution in [-0.2, 0) is 26.0 Å². The van der Waals surface area contributed by atoms with Crippen molar-refractivity contribution in [3.63, 3.8) is 0 Å². The van der Waals surface area contributed by atoms with Crippen LogP contribution in [0.1, 0.15) is 18.4 Å². The van der Waals surface area contributed by atoms with Crippen molar-refractivity contribution in [1.82, 2.24) is 9.62 Å². The number of nitrogens with zero attached hydrogens (tertiary/aromatic N) is 1. The number of hydrogen-bond acceptors (Lipinski definition) is 6. The molecule has 2 heterocycles. The molecule has 4 rings (SSSR count). The number of ether oxygens (including phenoxy) is 2. The van der Waals surface area contributed by atoms with Crippen LogP contribution in [-0.4, -0.2) is 62.1 Å². The van der Waals surface area contributed by atoms with Gasteiger partial charge in [0, 0.05) is 31.5 Å². The van der Waals surface area contributed by atoms with E-state index in [0.29, 0.717) is 37.6 Å². The number of benzene rings is 2. The van der Waals surface area contributed by atoms with Crippen LogP contribution >= 0.6 is 0 Å². The molecule has 2 aliphatic rings. The number of carbonyl (C=O) groups is 2. The van der Waals surface area contributed by atoms with Gasteiger partial charge in [-0.05, 0) is 30.5 Å². The number of hydrogen-bond donors (Lipinski definition) is 2. The number of sulfonamides is 1. The third-order valence-electron chi connectivity index (χ3n) is 5.87. The Bertz CT molecular complexity index is 1110. The molecule has 2 aromatic rings. The first kappa shape index (κ1) is 23.1. The van der Waals surface area contributed by atoms with E-state index in [2.05, 4.69) is 5.32 Å². The van der Waals surface area contributed by atoms with E-state index in [-0.39, 0.29) is 30.3 Å². The first-order chi connectivity index (χ1) is 15.8. The van der Waals surface area contributed by atoms with E-state index in [0.717, 1.165) is 5.56 Å². The normalized spacial score (nSPS) is 17.8. The van der Waals surface area contributed by atoms with Crippen molar-refractivity contribution in [2.75, 3.05) is 26.3 Å². The molecule has 2 aliphatic heterocycles. The van der Waals surface area contributed by atoms with E-state index < -0.39 is 28.0 Å². The summed E-state index contributed by atoms with van der Waals surface area (Å²) in [6.45, 7) is 1.12. The highest BCUT2D eigenvalue weighted by Gasteiger charge is 2.34. The lowest BCUT2D eigenvalue weighted by molar-refractivity contribution is -0.142. The summed E-state index contributed by atoms with van der Waals surface area (Å²) in [5.74, 6) is -1.01. The molecule has 0 unspecified atom stereocenters. The first-order valence-corrected chi connectivity index (χ1v) is 12.3. The maximum absolute atomic E-state index is 13.1. The Balaban J connectivity index is 1.36. The minimum Gasteiger partial charge on any atom is -0.486 e. The highest BCUT2D eigenvalue weighted by Crippen LogP contribution is 2.34. The highest BCUT2D eigenvalue weighted by atomic mass is 32.2. The molecule has 9 nitrogen and oxygen atoms in total. The fourth-order valence-electron chi connectivity index (χ4n) is 4.03. The topological polar surface area (TPSA) is 122 Å². The van der Waals surface area contributed by atoms with E-state index in [1.165, 1.54) is 16.4 Å². The Labute approximate surface area is 192 Å². The number of carbonyl (C=O) groups excluding carboxylic acids is 1. The summed E-state index contributed by atoms with van der Waals surface area (Å²) in [6.07, 6.45) is 0.805. The summed E-state index contributed by atoms with van der Waals surface area (Å²) >= 11 is 0. The molecule has 0 aromatic heterocycles. The van der Waals surface area contributed by atoms with E-state index >= 15 is 0 Å².